The van der Waals surface area contributed by atoms with Crippen molar-refractivity contribution < 1.29 is 23.2 Å². The van der Waals surface area contributed by atoms with E-state index in [9.17, 15) is 14.0 Å². The highest BCUT2D eigenvalue weighted by molar-refractivity contribution is 6.54. The number of rotatable bonds is 4. The summed E-state index contributed by atoms with van der Waals surface area (Å²) in [7, 11) is -1.12. The zero-order valence-electron chi connectivity index (χ0n) is 17.0. The van der Waals surface area contributed by atoms with E-state index in [-0.39, 0.29) is 12.1 Å². The molecule has 0 bridgehead atoms. The van der Waals surface area contributed by atoms with Crippen LogP contribution in [0, 0.1) is 0 Å². The predicted octanol–water partition coefficient (Wildman–Crippen LogP) is 3.13. The van der Waals surface area contributed by atoms with E-state index in [4.69, 9.17) is 14.0 Å². The molecule has 8 heteroatoms. The molecule has 1 saturated heterocycles. The summed E-state index contributed by atoms with van der Waals surface area (Å²) < 4.78 is 32.4. The Balaban J connectivity index is 2.19. The third-order valence-electron chi connectivity index (χ3n) is 4.51. The second kappa shape index (κ2) is 7.24. The van der Waals surface area contributed by atoms with Gasteiger partial charge in [0.25, 0.3) is 5.56 Å². The van der Waals surface area contributed by atoms with Crippen LogP contribution in [0.3, 0.4) is 0 Å². The molecule has 0 saturated carbocycles. The molecule has 6 nitrogen and oxygen atoms in total. The number of hydrogen-bond donors (Lipinski definition) is 0. The molecule has 0 N–H and O–H groups in total. The van der Waals surface area contributed by atoms with Gasteiger partial charge in [-0.3, -0.25) is 9.59 Å². The van der Waals surface area contributed by atoms with Crippen molar-refractivity contribution >= 4 is 19.2 Å². The lowest BCUT2D eigenvalue weighted by atomic mass is 9.87. The van der Waals surface area contributed by atoms with Crippen LogP contribution >= 0.6 is 0 Å². The Hall–Kier alpha value is -1.93. The van der Waals surface area contributed by atoms with Crippen LogP contribution in [0.25, 0.3) is 6.08 Å². The number of pyridine rings is 1. The van der Waals surface area contributed by atoms with Crippen molar-refractivity contribution in [2.75, 3.05) is 0 Å². The molecule has 0 aliphatic carbocycles. The quantitative estimate of drug-likeness (QED) is 0.594. The minimum Gasteiger partial charge on any atom is -0.459 e. The Bertz CT molecular complexity index is 791. The summed E-state index contributed by atoms with van der Waals surface area (Å²) in [5.74, 6) is -0.544. The predicted molar refractivity (Wildman–Crippen MR) is 102 cm³/mol. The fourth-order valence-corrected chi connectivity index (χ4v) is 2.45. The number of aromatic nitrogens is 1. The van der Waals surface area contributed by atoms with E-state index < -0.39 is 35.6 Å². The number of carbonyl (C=O) groups is 1. The van der Waals surface area contributed by atoms with Crippen LogP contribution in [-0.2, 0) is 25.4 Å². The maximum absolute atomic E-state index is 14.6. The van der Waals surface area contributed by atoms with Crippen LogP contribution in [0.4, 0.5) is 4.39 Å². The van der Waals surface area contributed by atoms with E-state index in [2.05, 4.69) is 0 Å². The molecule has 2 rings (SSSR count). The van der Waals surface area contributed by atoms with Crippen molar-refractivity contribution in [2.24, 2.45) is 0 Å². The largest absolute Gasteiger partial charge is 0.525 e. The maximum Gasteiger partial charge on any atom is 0.525 e. The fourth-order valence-electron chi connectivity index (χ4n) is 2.45. The van der Waals surface area contributed by atoms with Crippen molar-refractivity contribution in [2.45, 2.75) is 71.8 Å². The zero-order valence-corrected chi connectivity index (χ0v) is 17.0. The van der Waals surface area contributed by atoms with Gasteiger partial charge in [0, 0.05) is 12.3 Å². The first-order chi connectivity index (χ1) is 12.2. The fraction of sp³-hybridized carbons (Fsp3) is 0.579. The number of nitrogens with zero attached hydrogens (tertiary/aromatic N) is 1. The SMILES string of the molecule is CC(C)(C)OC(=O)Cn1cc(C=C(F)B2OC(C)(C)C(C)(C)O2)ccc1=O. The average molecular weight is 379 g/mol. The lowest BCUT2D eigenvalue weighted by Crippen LogP contribution is -2.41. The van der Waals surface area contributed by atoms with Crippen LogP contribution in [-0.4, -0.2) is 34.5 Å². The van der Waals surface area contributed by atoms with Crippen molar-refractivity contribution in [1.82, 2.24) is 4.57 Å². The van der Waals surface area contributed by atoms with Crippen LogP contribution in [0.5, 0.6) is 0 Å². The molecular weight excluding hydrogens is 352 g/mol. The van der Waals surface area contributed by atoms with Gasteiger partial charge in [-0.25, -0.2) is 4.39 Å². The Labute approximate surface area is 159 Å². The number of ether oxygens (including phenoxy) is 1. The minimum atomic E-state index is -1.12. The van der Waals surface area contributed by atoms with E-state index in [0.29, 0.717) is 5.56 Å². The van der Waals surface area contributed by atoms with Gasteiger partial charge in [-0.15, -0.1) is 0 Å². The second-order valence-electron chi connectivity index (χ2n) is 8.63. The Morgan fingerprint density at radius 2 is 1.78 bits per heavy atom. The average Bonchev–Trinajstić information content (AvgIpc) is 2.69. The number of hydrogen-bond acceptors (Lipinski definition) is 5. The van der Waals surface area contributed by atoms with Crippen molar-refractivity contribution in [3.63, 3.8) is 0 Å². The lowest BCUT2D eigenvalue weighted by molar-refractivity contribution is -0.155. The van der Waals surface area contributed by atoms with Gasteiger partial charge in [0.15, 0.2) is 0 Å². The summed E-state index contributed by atoms with van der Waals surface area (Å²) in [4.78, 5) is 23.9. The monoisotopic (exact) mass is 379 g/mol. The van der Waals surface area contributed by atoms with E-state index in [1.807, 2.05) is 27.7 Å². The van der Waals surface area contributed by atoms with Gasteiger partial charge in [-0.2, -0.15) is 0 Å². The zero-order chi connectivity index (χ0) is 20.6. The van der Waals surface area contributed by atoms with Crippen LogP contribution < -0.4 is 5.56 Å². The smallest absolute Gasteiger partial charge is 0.459 e. The highest BCUT2D eigenvalue weighted by atomic mass is 19.1. The molecule has 0 amide bonds. The van der Waals surface area contributed by atoms with Gasteiger partial charge in [0.1, 0.15) is 17.9 Å². The third kappa shape index (κ3) is 5.29. The summed E-state index contributed by atoms with van der Waals surface area (Å²) in [6, 6.07) is 2.74. The molecule has 2 heterocycles. The van der Waals surface area contributed by atoms with E-state index >= 15 is 0 Å². The van der Waals surface area contributed by atoms with Gasteiger partial charge < -0.3 is 18.6 Å². The highest BCUT2D eigenvalue weighted by Gasteiger charge is 2.53. The minimum absolute atomic E-state index is 0.254. The molecular formula is C19H27BFNO5. The molecule has 0 spiro atoms. The van der Waals surface area contributed by atoms with E-state index in [0.717, 1.165) is 0 Å². The molecule has 1 aliphatic heterocycles. The summed E-state index contributed by atoms with van der Waals surface area (Å²) in [6.45, 7) is 12.3. The molecule has 1 aliphatic rings. The normalized spacial score (nSPS) is 19.3. The molecule has 0 radical (unpaired) electrons. The number of esters is 1. The lowest BCUT2D eigenvalue weighted by Gasteiger charge is -2.32. The Kier molecular flexibility index (Phi) is 5.73. The molecule has 27 heavy (non-hydrogen) atoms. The van der Waals surface area contributed by atoms with Crippen molar-refractivity contribution in [3.8, 4) is 0 Å². The van der Waals surface area contributed by atoms with Gasteiger partial charge in [0.2, 0.25) is 0 Å². The standard InChI is InChI=1S/C19H27BFNO5/c1-17(2,3)25-16(24)12-22-11-13(8-9-15(22)23)10-14(21)20-26-18(4,5)19(6,7)27-20/h8-11H,12H2,1-7H3. The first-order valence-electron chi connectivity index (χ1n) is 8.85. The molecule has 0 aromatic carbocycles. The molecule has 148 valence electrons. The van der Waals surface area contributed by atoms with Crippen LogP contribution in [0.15, 0.2) is 28.9 Å². The number of carbonyl (C=O) groups excluding carboxylic acids is 1. The van der Waals surface area contributed by atoms with Crippen molar-refractivity contribution in [3.05, 3.63) is 40.0 Å². The molecule has 1 aromatic rings. The summed E-state index contributed by atoms with van der Waals surface area (Å²) >= 11 is 0. The second-order valence-corrected chi connectivity index (χ2v) is 8.63. The van der Waals surface area contributed by atoms with Crippen LogP contribution in [0.1, 0.15) is 54.0 Å². The Morgan fingerprint density at radius 3 is 2.30 bits per heavy atom. The first-order valence-corrected chi connectivity index (χ1v) is 8.85. The van der Waals surface area contributed by atoms with E-state index in [1.165, 1.54) is 29.0 Å². The van der Waals surface area contributed by atoms with E-state index in [1.54, 1.807) is 20.8 Å². The van der Waals surface area contributed by atoms with Gasteiger partial charge in [-0.1, -0.05) is 0 Å². The summed E-state index contributed by atoms with van der Waals surface area (Å²) in [5, 5.41) is 0. The van der Waals surface area contributed by atoms with Gasteiger partial charge in [-0.05, 0) is 66.2 Å². The maximum atomic E-state index is 14.6. The molecule has 1 fully saturated rings. The third-order valence-corrected chi connectivity index (χ3v) is 4.51. The van der Waals surface area contributed by atoms with Crippen LogP contribution in [0.2, 0.25) is 0 Å². The molecule has 0 unspecified atom stereocenters. The number of halogens is 1. The topological polar surface area (TPSA) is 66.8 Å². The summed E-state index contributed by atoms with van der Waals surface area (Å²) in [5.41, 5.74) is -2.55. The van der Waals surface area contributed by atoms with Crippen molar-refractivity contribution in [1.29, 1.82) is 0 Å². The van der Waals surface area contributed by atoms with Gasteiger partial charge >= 0.3 is 13.1 Å². The Morgan fingerprint density at radius 1 is 1.22 bits per heavy atom. The molecule has 0 atom stereocenters. The first kappa shape index (κ1) is 21.4. The summed E-state index contributed by atoms with van der Waals surface area (Å²) in [6.07, 6.45) is 2.63. The molecule has 1 aromatic heterocycles. The van der Waals surface area contributed by atoms with Gasteiger partial charge in [0.05, 0.1) is 11.2 Å². The highest BCUT2D eigenvalue weighted by Crippen LogP contribution is 2.39.